The Morgan fingerprint density at radius 3 is 2.86 bits per heavy atom. The first-order valence-corrected chi connectivity index (χ1v) is 7.29. The zero-order chi connectivity index (χ0) is 16.3. The molecule has 0 saturated carbocycles. The van der Waals surface area contributed by atoms with Crippen LogP contribution >= 0.6 is 0 Å². The number of carbonyl (C=O) groups excluding carboxylic acids is 1. The predicted molar refractivity (Wildman–Crippen MR) is 78.9 cm³/mol. The van der Waals surface area contributed by atoms with Gasteiger partial charge < -0.3 is 19.5 Å². The number of amides is 1. The van der Waals surface area contributed by atoms with Crippen molar-refractivity contribution in [2.75, 3.05) is 19.7 Å². The summed E-state index contributed by atoms with van der Waals surface area (Å²) in [6.45, 7) is 6.30. The smallest absolute Gasteiger partial charge is 0.410 e. The summed E-state index contributed by atoms with van der Waals surface area (Å²) in [5.41, 5.74) is -0.150. The third-order valence-electron chi connectivity index (χ3n) is 3.29. The zero-order valence-corrected chi connectivity index (χ0v) is 13.1. The lowest BCUT2D eigenvalue weighted by molar-refractivity contribution is -0.0908. The molecule has 122 valence electrons. The molecule has 1 aliphatic heterocycles. The van der Waals surface area contributed by atoms with Crippen LogP contribution in [-0.4, -0.2) is 47.5 Å². The molecule has 1 unspecified atom stereocenters. The van der Waals surface area contributed by atoms with E-state index in [2.05, 4.69) is 0 Å². The summed E-state index contributed by atoms with van der Waals surface area (Å²) in [4.78, 5) is 13.6. The summed E-state index contributed by atoms with van der Waals surface area (Å²) in [5.74, 6) is -0.420. The van der Waals surface area contributed by atoms with Gasteiger partial charge in [-0.25, -0.2) is 9.18 Å². The van der Waals surface area contributed by atoms with E-state index in [9.17, 15) is 14.3 Å². The number of aliphatic hydroxyl groups excluding tert-OH is 1. The van der Waals surface area contributed by atoms with E-state index in [4.69, 9.17) is 9.47 Å². The van der Waals surface area contributed by atoms with E-state index in [1.165, 1.54) is 23.1 Å². The number of halogens is 1. The SMILES string of the molecule is CC(C)(C)OC(=O)N1CCO[C@H](C(O)c2cccc(F)c2)C1. The maximum Gasteiger partial charge on any atom is 0.410 e. The summed E-state index contributed by atoms with van der Waals surface area (Å²) in [6, 6.07) is 5.73. The fraction of sp³-hybridized carbons (Fsp3) is 0.562. The molecule has 0 spiro atoms. The minimum atomic E-state index is -0.999. The molecule has 2 atom stereocenters. The molecule has 1 aromatic rings. The molecule has 1 aliphatic rings. The molecule has 0 radical (unpaired) electrons. The molecule has 0 aromatic heterocycles. The summed E-state index contributed by atoms with van der Waals surface area (Å²) < 4.78 is 24.1. The van der Waals surface area contributed by atoms with Gasteiger partial charge in [-0.2, -0.15) is 0 Å². The first-order valence-electron chi connectivity index (χ1n) is 7.29. The second-order valence-corrected chi connectivity index (χ2v) is 6.34. The Labute approximate surface area is 129 Å². The molecule has 22 heavy (non-hydrogen) atoms. The second-order valence-electron chi connectivity index (χ2n) is 6.34. The van der Waals surface area contributed by atoms with Gasteiger partial charge in [0.25, 0.3) is 0 Å². The van der Waals surface area contributed by atoms with E-state index < -0.39 is 29.7 Å². The minimum Gasteiger partial charge on any atom is -0.444 e. The number of carbonyl (C=O) groups is 1. The zero-order valence-electron chi connectivity index (χ0n) is 13.1. The van der Waals surface area contributed by atoms with Gasteiger partial charge in [-0.3, -0.25) is 0 Å². The normalized spacial score (nSPS) is 20.6. The van der Waals surface area contributed by atoms with Crippen molar-refractivity contribution in [1.82, 2.24) is 4.90 Å². The average Bonchev–Trinajstić information content (AvgIpc) is 2.45. The van der Waals surface area contributed by atoms with Crippen molar-refractivity contribution in [2.45, 2.75) is 38.6 Å². The third kappa shape index (κ3) is 4.42. The van der Waals surface area contributed by atoms with Gasteiger partial charge in [-0.1, -0.05) is 12.1 Å². The Morgan fingerprint density at radius 1 is 1.50 bits per heavy atom. The lowest BCUT2D eigenvalue weighted by Crippen LogP contribution is -2.49. The Hall–Kier alpha value is -1.66. The van der Waals surface area contributed by atoms with Crippen molar-refractivity contribution < 1.29 is 23.8 Å². The third-order valence-corrected chi connectivity index (χ3v) is 3.29. The molecule has 1 amide bonds. The van der Waals surface area contributed by atoms with Crippen molar-refractivity contribution in [2.24, 2.45) is 0 Å². The standard InChI is InChI=1S/C16H22FNO4/c1-16(2,3)22-15(20)18-7-8-21-13(10-18)14(19)11-5-4-6-12(17)9-11/h4-6,9,13-14,19H,7-8,10H2,1-3H3/t13-,14?/m0/s1. The molecule has 1 aromatic carbocycles. The van der Waals surface area contributed by atoms with Crippen LogP contribution in [0.5, 0.6) is 0 Å². The molecule has 1 saturated heterocycles. The molecular formula is C16H22FNO4. The maximum absolute atomic E-state index is 13.2. The highest BCUT2D eigenvalue weighted by atomic mass is 19.1. The Balaban J connectivity index is 2.02. The van der Waals surface area contributed by atoms with Crippen molar-refractivity contribution in [1.29, 1.82) is 0 Å². The van der Waals surface area contributed by atoms with Gasteiger partial charge >= 0.3 is 6.09 Å². The van der Waals surface area contributed by atoms with Gasteiger partial charge in [0.2, 0.25) is 0 Å². The molecular weight excluding hydrogens is 289 g/mol. The van der Waals surface area contributed by atoms with Crippen molar-refractivity contribution in [3.8, 4) is 0 Å². The molecule has 1 heterocycles. The van der Waals surface area contributed by atoms with Gasteiger partial charge in [0, 0.05) is 6.54 Å². The summed E-state index contributed by atoms with van der Waals surface area (Å²) in [6.07, 6.45) is -2.05. The number of hydrogen-bond acceptors (Lipinski definition) is 4. The lowest BCUT2D eigenvalue weighted by atomic mass is 10.0. The predicted octanol–water partition coefficient (Wildman–Crippen LogP) is 2.50. The fourth-order valence-electron chi connectivity index (χ4n) is 2.26. The highest BCUT2D eigenvalue weighted by molar-refractivity contribution is 5.68. The highest BCUT2D eigenvalue weighted by Crippen LogP contribution is 2.23. The van der Waals surface area contributed by atoms with Crippen LogP contribution in [0.2, 0.25) is 0 Å². The maximum atomic E-state index is 13.2. The van der Waals surface area contributed by atoms with Crippen LogP contribution in [0.15, 0.2) is 24.3 Å². The monoisotopic (exact) mass is 311 g/mol. The van der Waals surface area contributed by atoms with Gasteiger partial charge in [-0.15, -0.1) is 0 Å². The van der Waals surface area contributed by atoms with E-state index in [-0.39, 0.29) is 6.54 Å². The largest absolute Gasteiger partial charge is 0.444 e. The van der Waals surface area contributed by atoms with E-state index >= 15 is 0 Å². The van der Waals surface area contributed by atoms with Gasteiger partial charge in [0.05, 0.1) is 13.2 Å². The van der Waals surface area contributed by atoms with E-state index in [0.717, 1.165) is 0 Å². The van der Waals surface area contributed by atoms with E-state index in [1.807, 2.05) is 0 Å². The summed E-state index contributed by atoms with van der Waals surface area (Å²) >= 11 is 0. The molecule has 0 aliphatic carbocycles. The van der Waals surface area contributed by atoms with Crippen molar-refractivity contribution in [3.63, 3.8) is 0 Å². The van der Waals surface area contributed by atoms with E-state index in [0.29, 0.717) is 18.7 Å². The molecule has 0 bridgehead atoms. The quantitative estimate of drug-likeness (QED) is 0.911. The number of benzene rings is 1. The number of rotatable bonds is 2. The van der Waals surface area contributed by atoms with Crippen LogP contribution in [0.25, 0.3) is 0 Å². The van der Waals surface area contributed by atoms with Crippen LogP contribution in [0, 0.1) is 5.82 Å². The summed E-state index contributed by atoms with van der Waals surface area (Å²) in [5, 5.41) is 10.3. The van der Waals surface area contributed by atoms with Gasteiger partial charge in [-0.05, 0) is 38.5 Å². The van der Waals surface area contributed by atoms with Crippen LogP contribution in [0.4, 0.5) is 9.18 Å². The number of ether oxygens (including phenoxy) is 2. The van der Waals surface area contributed by atoms with E-state index in [1.54, 1.807) is 26.8 Å². The summed E-state index contributed by atoms with van der Waals surface area (Å²) in [7, 11) is 0. The van der Waals surface area contributed by atoms with Crippen LogP contribution in [0.1, 0.15) is 32.4 Å². The number of aliphatic hydroxyl groups is 1. The Bertz CT molecular complexity index is 529. The first kappa shape index (κ1) is 16.7. The number of nitrogens with zero attached hydrogens (tertiary/aromatic N) is 1. The second kappa shape index (κ2) is 6.62. The fourth-order valence-corrected chi connectivity index (χ4v) is 2.26. The van der Waals surface area contributed by atoms with Crippen molar-refractivity contribution in [3.05, 3.63) is 35.6 Å². The van der Waals surface area contributed by atoms with Gasteiger partial charge in [0.15, 0.2) is 0 Å². The molecule has 5 nitrogen and oxygen atoms in total. The average molecular weight is 311 g/mol. The Kier molecular flexibility index (Phi) is 5.03. The topological polar surface area (TPSA) is 59.0 Å². The highest BCUT2D eigenvalue weighted by Gasteiger charge is 2.32. The lowest BCUT2D eigenvalue weighted by Gasteiger charge is -2.36. The first-order chi connectivity index (χ1) is 10.3. The molecule has 1 N–H and O–H groups in total. The van der Waals surface area contributed by atoms with Gasteiger partial charge in [0.1, 0.15) is 23.6 Å². The Morgan fingerprint density at radius 2 is 2.23 bits per heavy atom. The molecule has 1 fully saturated rings. The van der Waals surface area contributed by atoms with Crippen LogP contribution < -0.4 is 0 Å². The molecule has 2 rings (SSSR count). The molecule has 6 heteroatoms. The van der Waals surface area contributed by atoms with Crippen LogP contribution in [0.3, 0.4) is 0 Å². The number of morpholine rings is 1. The number of hydrogen-bond donors (Lipinski definition) is 1. The van der Waals surface area contributed by atoms with Crippen LogP contribution in [-0.2, 0) is 9.47 Å². The minimum absolute atomic E-state index is 0.201. The van der Waals surface area contributed by atoms with Crippen molar-refractivity contribution >= 4 is 6.09 Å².